The average molecular weight is 250 g/mol. The molecule has 3 N–H and O–H groups in total. The van der Waals surface area contributed by atoms with Crippen LogP contribution in [0.5, 0.6) is 0 Å². The fraction of sp³-hybridized carbons (Fsp3) is 0.417. The minimum atomic E-state index is -0.238. The van der Waals surface area contributed by atoms with Crippen LogP contribution in [0.15, 0.2) is 12.3 Å². The molecule has 0 unspecified atom stereocenters. The zero-order valence-electron chi connectivity index (χ0n) is 10.9. The summed E-state index contributed by atoms with van der Waals surface area (Å²) in [6.07, 6.45) is 1.50. The van der Waals surface area contributed by atoms with Crippen LogP contribution in [-0.2, 0) is 4.79 Å². The lowest BCUT2D eigenvalue weighted by Crippen LogP contribution is -2.39. The molecule has 6 nitrogen and oxygen atoms in total. The Morgan fingerprint density at radius 1 is 1.50 bits per heavy atom. The summed E-state index contributed by atoms with van der Waals surface area (Å²) in [7, 11) is 1.54. The van der Waals surface area contributed by atoms with Crippen LogP contribution in [0.2, 0.25) is 0 Å². The zero-order valence-corrected chi connectivity index (χ0v) is 10.9. The number of hydrogen-bond acceptors (Lipinski definition) is 4. The van der Waals surface area contributed by atoms with Crippen LogP contribution in [0.25, 0.3) is 0 Å². The molecule has 0 atom stereocenters. The van der Waals surface area contributed by atoms with Crippen molar-refractivity contribution in [3.63, 3.8) is 0 Å². The number of nitrogens with one attached hydrogen (secondary N) is 1. The molecular formula is C12H18N4O2. The second-order valence-corrected chi connectivity index (χ2v) is 3.89. The van der Waals surface area contributed by atoms with Gasteiger partial charge in [-0.1, -0.05) is 0 Å². The second kappa shape index (κ2) is 6.00. The summed E-state index contributed by atoms with van der Waals surface area (Å²) in [5.41, 5.74) is 7.08. The van der Waals surface area contributed by atoms with Gasteiger partial charge in [-0.15, -0.1) is 0 Å². The lowest BCUT2D eigenvalue weighted by Gasteiger charge is -2.20. The van der Waals surface area contributed by atoms with Gasteiger partial charge in [0.2, 0.25) is 5.91 Å². The molecule has 0 aliphatic rings. The van der Waals surface area contributed by atoms with E-state index in [4.69, 9.17) is 5.73 Å². The van der Waals surface area contributed by atoms with Crippen molar-refractivity contribution in [1.82, 2.24) is 15.2 Å². The number of likely N-dealkylation sites (N-methyl/N-ethyl adjacent to an activating group) is 2. The van der Waals surface area contributed by atoms with E-state index in [9.17, 15) is 9.59 Å². The Labute approximate surface area is 106 Å². The maximum absolute atomic E-state index is 12.3. The predicted octanol–water partition coefficient (Wildman–Crippen LogP) is 0.180. The maximum Gasteiger partial charge on any atom is 0.256 e. The first-order chi connectivity index (χ1) is 8.49. The van der Waals surface area contributed by atoms with Gasteiger partial charge in [-0.25, -0.2) is 0 Å². The van der Waals surface area contributed by atoms with Gasteiger partial charge in [-0.2, -0.15) is 0 Å². The fourth-order valence-corrected chi connectivity index (χ4v) is 1.52. The third-order valence-electron chi connectivity index (χ3n) is 2.62. The molecule has 0 aliphatic carbocycles. The number of aryl methyl sites for hydroxylation is 1. The highest BCUT2D eigenvalue weighted by Crippen LogP contribution is 2.12. The molecule has 0 spiro atoms. The topological polar surface area (TPSA) is 88.3 Å². The van der Waals surface area contributed by atoms with Crippen LogP contribution < -0.4 is 11.1 Å². The van der Waals surface area contributed by atoms with Crippen molar-refractivity contribution < 1.29 is 9.59 Å². The van der Waals surface area contributed by atoms with Crippen molar-refractivity contribution in [2.75, 3.05) is 25.9 Å². The van der Waals surface area contributed by atoms with Gasteiger partial charge in [0, 0.05) is 13.6 Å². The molecule has 1 aromatic rings. The molecule has 0 fully saturated rings. The first kappa shape index (κ1) is 14.0. The lowest BCUT2D eigenvalue weighted by atomic mass is 10.1. The highest BCUT2D eigenvalue weighted by Gasteiger charge is 2.19. The van der Waals surface area contributed by atoms with Crippen LogP contribution in [-0.4, -0.2) is 41.8 Å². The fourth-order valence-electron chi connectivity index (χ4n) is 1.52. The molecule has 0 aromatic carbocycles. The number of carbonyl (C=O) groups excluding carboxylic acids is 2. The van der Waals surface area contributed by atoms with Crippen LogP contribution in [0, 0.1) is 6.92 Å². The molecule has 1 aromatic heterocycles. The van der Waals surface area contributed by atoms with E-state index in [2.05, 4.69) is 10.3 Å². The molecule has 1 rings (SSSR count). The zero-order chi connectivity index (χ0) is 13.7. The van der Waals surface area contributed by atoms with Crippen LogP contribution in [0.3, 0.4) is 0 Å². The van der Waals surface area contributed by atoms with Gasteiger partial charge in [0.05, 0.1) is 29.7 Å². The summed E-state index contributed by atoms with van der Waals surface area (Å²) in [6.45, 7) is 4.02. The number of amides is 2. The number of pyridine rings is 1. The molecule has 1 heterocycles. The number of hydrogen-bond donors (Lipinski definition) is 2. The van der Waals surface area contributed by atoms with Crippen LogP contribution in [0.1, 0.15) is 23.0 Å². The molecule has 18 heavy (non-hydrogen) atoms. The van der Waals surface area contributed by atoms with Crippen molar-refractivity contribution in [2.24, 2.45) is 0 Å². The summed E-state index contributed by atoms with van der Waals surface area (Å²) in [5.74, 6) is -0.446. The highest BCUT2D eigenvalue weighted by molar-refractivity contribution is 5.97. The Morgan fingerprint density at radius 2 is 2.17 bits per heavy atom. The van der Waals surface area contributed by atoms with E-state index in [0.29, 0.717) is 23.5 Å². The van der Waals surface area contributed by atoms with Crippen molar-refractivity contribution >= 4 is 17.5 Å². The van der Waals surface area contributed by atoms with Crippen molar-refractivity contribution in [3.8, 4) is 0 Å². The summed E-state index contributed by atoms with van der Waals surface area (Å²) in [4.78, 5) is 29.1. The van der Waals surface area contributed by atoms with Crippen molar-refractivity contribution in [1.29, 1.82) is 0 Å². The number of rotatable bonds is 4. The molecule has 0 saturated carbocycles. The van der Waals surface area contributed by atoms with E-state index >= 15 is 0 Å². The molecule has 0 radical (unpaired) electrons. The van der Waals surface area contributed by atoms with Crippen LogP contribution in [0.4, 0.5) is 5.69 Å². The minimum Gasteiger partial charge on any atom is -0.397 e. The number of nitrogens with zero attached hydrogens (tertiary/aromatic N) is 2. The lowest BCUT2D eigenvalue weighted by molar-refractivity contribution is -0.121. The van der Waals surface area contributed by atoms with Crippen molar-refractivity contribution in [2.45, 2.75) is 13.8 Å². The van der Waals surface area contributed by atoms with Gasteiger partial charge in [-0.3, -0.25) is 14.6 Å². The SMILES string of the molecule is CCN(CC(=O)NC)C(=O)c1cc(N)cnc1C. The molecular weight excluding hydrogens is 232 g/mol. The standard InChI is InChI=1S/C12H18N4O2/c1-4-16(7-11(17)14-3)12(18)10-5-9(13)6-15-8(10)2/h5-6H,4,7,13H2,1-3H3,(H,14,17). The molecule has 0 aliphatic heterocycles. The Hall–Kier alpha value is -2.11. The largest absolute Gasteiger partial charge is 0.397 e. The quantitative estimate of drug-likeness (QED) is 0.798. The van der Waals surface area contributed by atoms with Gasteiger partial charge < -0.3 is 16.0 Å². The summed E-state index contributed by atoms with van der Waals surface area (Å²) in [6, 6.07) is 1.58. The summed E-state index contributed by atoms with van der Waals surface area (Å²) in [5, 5.41) is 2.49. The highest BCUT2D eigenvalue weighted by atomic mass is 16.2. The summed E-state index contributed by atoms with van der Waals surface area (Å²) < 4.78 is 0. The Bertz CT molecular complexity index is 459. The minimum absolute atomic E-state index is 0.0278. The first-order valence-electron chi connectivity index (χ1n) is 5.71. The number of carbonyl (C=O) groups is 2. The smallest absolute Gasteiger partial charge is 0.256 e. The third-order valence-corrected chi connectivity index (χ3v) is 2.62. The normalized spacial score (nSPS) is 9.94. The second-order valence-electron chi connectivity index (χ2n) is 3.89. The van der Waals surface area contributed by atoms with E-state index in [1.54, 1.807) is 13.0 Å². The molecule has 0 bridgehead atoms. The van der Waals surface area contributed by atoms with Gasteiger partial charge in [0.15, 0.2) is 0 Å². The molecule has 0 saturated heterocycles. The number of nitrogens with two attached hydrogens (primary N) is 1. The van der Waals surface area contributed by atoms with E-state index in [0.717, 1.165) is 0 Å². The number of aromatic nitrogens is 1. The van der Waals surface area contributed by atoms with E-state index in [-0.39, 0.29) is 18.4 Å². The average Bonchev–Trinajstić information content (AvgIpc) is 2.37. The number of nitrogen functional groups attached to an aromatic ring is 1. The van der Waals surface area contributed by atoms with Gasteiger partial charge in [0.1, 0.15) is 0 Å². The van der Waals surface area contributed by atoms with Crippen LogP contribution >= 0.6 is 0 Å². The van der Waals surface area contributed by atoms with E-state index in [1.165, 1.54) is 18.1 Å². The predicted molar refractivity (Wildman–Crippen MR) is 69.0 cm³/mol. The Kier molecular flexibility index (Phi) is 4.65. The number of anilines is 1. The summed E-state index contributed by atoms with van der Waals surface area (Å²) >= 11 is 0. The monoisotopic (exact) mass is 250 g/mol. The molecule has 98 valence electrons. The van der Waals surface area contributed by atoms with E-state index < -0.39 is 0 Å². The van der Waals surface area contributed by atoms with Gasteiger partial charge in [0.25, 0.3) is 5.91 Å². The molecule has 6 heteroatoms. The third kappa shape index (κ3) is 3.19. The van der Waals surface area contributed by atoms with Crippen molar-refractivity contribution in [3.05, 3.63) is 23.5 Å². The van der Waals surface area contributed by atoms with Gasteiger partial charge >= 0.3 is 0 Å². The Balaban J connectivity index is 2.96. The maximum atomic E-state index is 12.3. The van der Waals surface area contributed by atoms with E-state index in [1.807, 2.05) is 6.92 Å². The molecule has 2 amide bonds. The first-order valence-corrected chi connectivity index (χ1v) is 5.71. The Morgan fingerprint density at radius 3 is 2.72 bits per heavy atom. The van der Waals surface area contributed by atoms with Gasteiger partial charge in [-0.05, 0) is 19.9 Å².